The average Bonchev–Trinajstić information content (AvgIpc) is 2.83. The van der Waals surface area contributed by atoms with Gasteiger partial charge in [0.25, 0.3) is 5.60 Å². The van der Waals surface area contributed by atoms with Crippen molar-refractivity contribution < 1.29 is 38.2 Å². The van der Waals surface area contributed by atoms with Crippen LogP contribution >= 0.6 is 0 Å². The molecule has 3 rings (SSSR count). The number of Topliss-reactive ketones (excluding diaryl/α,β-unsaturated/α-hetero) is 2. The van der Waals surface area contributed by atoms with E-state index in [1.165, 1.54) is 37.3 Å². The molecule has 0 atom stereocenters. The summed E-state index contributed by atoms with van der Waals surface area (Å²) < 4.78 is 15.4. The van der Waals surface area contributed by atoms with Crippen LogP contribution in [0.1, 0.15) is 47.1 Å². The minimum Gasteiger partial charge on any atom is -0.437 e. The van der Waals surface area contributed by atoms with Gasteiger partial charge in [0.05, 0.1) is 5.56 Å². The first-order valence-electron chi connectivity index (χ1n) is 8.56. The van der Waals surface area contributed by atoms with Gasteiger partial charge in [-0.3, -0.25) is 24.0 Å². The molecule has 0 N–H and O–H groups in total. The van der Waals surface area contributed by atoms with Crippen molar-refractivity contribution in [1.82, 2.24) is 0 Å². The smallest absolute Gasteiger partial charge is 0.308 e. The summed E-state index contributed by atoms with van der Waals surface area (Å²) in [5, 5.41) is 0. The summed E-state index contributed by atoms with van der Waals surface area (Å²) in [5.74, 6) is -4.00. The largest absolute Gasteiger partial charge is 0.437 e. The topological polar surface area (TPSA) is 113 Å². The van der Waals surface area contributed by atoms with Gasteiger partial charge in [0.2, 0.25) is 11.6 Å². The molecular formula is C21H16O8. The van der Waals surface area contributed by atoms with E-state index in [0.29, 0.717) is 0 Å². The van der Waals surface area contributed by atoms with Crippen LogP contribution in [0.3, 0.4) is 0 Å². The zero-order chi connectivity index (χ0) is 21.3. The lowest BCUT2D eigenvalue weighted by Gasteiger charge is -2.27. The Bertz CT molecular complexity index is 1030. The third kappa shape index (κ3) is 3.40. The van der Waals surface area contributed by atoms with Crippen LogP contribution < -0.4 is 9.47 Å². The van der Waals surface area contributed by atoms with Gasteiger partial charge in [0.15, 0.2) is 0 Å². The molecule has 8 heteroatoms. The van der Waals surface area contributed by atoms with E-state index in [0.717, 1.165) is 13.8 Å². The Balaban J connectivity index is 2.27. The number of carbonyl (C=O) groups excluding carboxylic acids is 5. The van der Waals surface area contributed by atoms with Crippen LogP contribution in [0.5, 0.6) is 11.5 Å². The van der Waals surface area contributed by atoms with E-state index in [1.54, 1.807) is 12.1 Å². The predicted octanol–water partition coefficient (Wildman–Crippen LogP) is 2.37. The van der Waals surface area contributed by atoms with E-state index in [2.05, 4.69) is 0 Å². The molecule has 0 saturated carbocycles. The molecule has 2 aromatic rings. The molecule has 0 aliphatic heterocycles. The first-order chi connectivity index (χ1) is 13.7. The minimum atomic E-state index is -2.35. The van der Waals surface area contributed by atoms with Crippen molar-refractivity contribution in [3.63, 3.8) is 0 Å². The van der Waals surface area contributed by atoms with Crippen LogP contribution in [0, 0.1) is 0 Å². The summed E-state index contributed by atoms with van der Waals surface area (Å²) in [6.45, 7) is 3.36. The zero-order valence-electron chi connectivity index (χ0n) is 15.8. The fourth-order valence-electron chi connectivity index (χ4n) is 3.23. The summed E-state index contributed by atoms with van der Waals surface area (Å²) in [7, 11) is 0. The summed E-state index contributed by atoms with van der Waals surface area (Å²) >= 11 is 0. The average molecular weight is 396 g/mol. The van der Waals surface area contributed by atoms with E-state index >= 15 is 0 Å². The number of ether oxygens (including phenoxy) is 3. The molecule has 148 valence electrons. The van der Waals surface area contributed by atoms with Crippen molar-refractivity contribution in [2.45, 2.75) is 26.4 Å². The van der Waals surface area contributed by atoms with E-state index in [9.17, 15) is 24.0 Å². The van der Waals surface area contributed by atoms with Crippen molar-refractivity contribution >= 4 is 29.5 Å². The lowest BCUT2D eigenvalue weighted by atomic mass is 9.87. The lowest BCUT2D eigenvalue weighted by Crippen LogP contribution is -2.43. The van der Waals surface area contributed by atoms with E-state index < -0.39 is 35.1 Å². The Morgan fingerprint density at radius 3 is 1.79 bits per heavy atom. The predicted molar refractivity (Wildman–Crippen MR) is 97.6 cm³/mol. The molecule has 0 unspecified atom stereocenters. The number of rotatable bonds is 4. The second-order valence-corrected chi connectivity index (χ2v) is 6.32. The fourth-order valence-corrected chi connectivity index (χ4v) is 3.23. The highest BCUT2D eigenvalue weighted by Gasteiger charge is 2.58. The molecule has 0 radical (unpaired) electrons. The number of fused-ring (bicyclic) bond motifs is 1. The van der Waals surface area contributed by atoms with Crippen LogP contribution in [0.15, 0.2) is 42.5 Å². The molecule has 0 fully saturated rings. The van der Waals surface area contributed by atoms with E-state index in [-0.39, 0.29) is 28.2 Å². The molecule has 1 aliphatic rings. The molecular weight excluding hydrogens is 380 g/mol. The van der Waals surface area contributed by atoms with Crippen molar-refractivity contribution in [2.75, 3.05) is 0 Å². The van der Waals surface area contributed by atoms with Gasteiger partial charge in [-0.2, -0.15) is 0 Å². The van der Waals surface area contributed by atoms with Gasteiger partial charge in [-0.1, -0.05) is 24.3 Å². The second kappa shape index (κ2) is 7.31. The zero-order valence-corrected chi connectivity index (χ0v) is 15.8. The molecule has 0 heterocycles. The molecule has 29 heavy (non-hydrogen) atoms. The van der Waals surface area contributed by atoms with Gasteiger partial charge in [-0.25, -0.2) is 0 Å². The standard InChI is InChI=1S/C21H16O8/c1-11(22)27-14-8-9-17(18(10-14)28-12(2)23)21(29-13(3)24)19(25)15-6-4-5-7-16(15)20(21)26/h4-10H,1-3H3. The Labute approximate surface area is 165 Å². The van der Waals surface area contributed by atoms with Crippen LogP contribution in [-0.2, 0) is 24.7 Å². The Kier molecular flexibility index (Phi) is 5.02. The first-order valence-corrected chi connectivity index (χ1v) is 8.56. The summed E-state index contributed by atoms with van der Waals surface area (Å²) in [5.41, 5.74) is -2.34. The van der Waals surface area contributed by atoms with Gasteiger partial charge in [0, 0.05) is 38.0 Å². The van der Waals surface area contributed by atoms with E-state index in [1.807, 2.05) is 0 Å². The highest BCUT2D eigenvalue weighted by Crippen LogP contribution is 2.45. The Morgan fingerprint density at radius 1 is 0.759 bits per heavy atom. The fraction of sp³-hybridized carbons (Fsp3) is 0.190. The van der Waals surface area contributed by atoms with Gasteiger partial charge in [0.1, 0.15) is 11.5 Å². The van der Waals surface area contributed by atoms with Gasteiger partial charge in [-0.05, 0) is 12.1 Å². The van der Waals surface area contributed by atoms with Crippen LogP contribution in [0.4, 0.5) is 0 Å². The maximum absolute atomic E-state index is 13.2. The first kappa shape index (κ1) is 19.9. The number of ketones is 2. The van der Waals surface area contributed by atoms with Gasteiger partial charge >= 0.3 is 17.9 Å². The van der Waals surface area contributed by atoms with Crippen molar-refractivity contribution in [1.29, 1.82) is 0 Å². The molecule has 2 aromatic carbocycles. The molecule has 1 aliphatic carbocycles. The Morgan fingerprint density at radius 2 is 1.31 bits per heavy atom. The number of hydrogen-bond acceptors (Lipinski definition) is 8. The Hall–Kier alpha value is -3.81. The summed E-state index contributed by atoms with van der Waals surface area (Å²) in [6, 6.07) is 9.76. The molecule has 8 nitrogen and oxygen atoms in total. The van der Waals surface area contributed by atoms with Crippen LogP contribution in [0.25, 0.3) is 0 Å². The second-order valence-electron chi connectivity index (χ2n) is 6.32. The number of hydrogen-bond donors (Lipinski definition) is 0. The summed E-state index contributed by atoms with van der Waals surface area (Å²) in [4.78, 5) is 61.2. The van der Waals surface area contributed by atoms with Crippen LogP contribution in [0.2, 0.25) is 0 Å². The minimum absolute atomic E-state index is 0.0193. The third-order valence-corrected chi connectivity index (χ3v) is 4.20. The maximum atomic E-state index is 13.2. The van der Waals surface area contributed by atoms with E-state index in [4.69, 9.17) is 14.2 Å². The van der Waals surface area contributed by atoms with Crippen molar-refractivity contribution in [3.8, 4) is 11.5 Å². The van der Waals surface area contributed by atoms with Crippen molar-refractivity contribution in [2.24, 2.45) is 0 Å². The van der Waals surface area contributed by atoms with Crippen molar-refractivity contribution in [3.05, 3.63) is 59.2 Å². The quantitative estimate of drug-likeness (QED) is 0.440. The molecule has 0 bridgehead atoms. The molecule has 0 amide bonds. The number of esters is 3. The van der Waals surface area contributed by atoms with Crippen LogP contribution in [-0.4, -0.2) is 29.5 Å². The molecule has 0 aromatic heterocycles. The van der Waals surface area contributed by atoms with Gasteiger partial charge in [-0.15, -0.1) is 0 Å². The number of benzene rings is 2. The SMILES string of the molecule is CC(=O)Oc1ccc(C2(OC(C)=O)C(=O)c3ccccc3C2=O)c(OC(C)=O)c1. The highest BCUT2D eigenvalue weighted by atomic mass is 16.6. The lowest BCUT2D eigenvalue weighted by molar-refractivity contribution is -0.149. The van der Waals surface area contributed by atoms with Gasteiger partial charge < -0.3 is 14.2 Å². The maximum Gasteiger partial charge on any atom is 0.308 e. The molecule has 0 saturated heterocycles. The molecule has 0 spiro atoms. The highest BCUT2D eigenvalue weighted by molar-refractivity contribution is 6.32. The monoisotopic (exact) mass is 396 g/mol. The third-order valence-electron chi connectivity index (χ3n) is 4.20. The number of carbonyl (C=O) groups is 5. The summed E-state index contributed by atoms with van der Waals surface area (Å²) in [6.07, 6.45) is 0. The normalized spacial score (nSPS) is 14.2.